The van der Waals surface area contributed by atoms with Crippen LogP contribution < -0.4 is 0 Å². The molecule has 3 saturated carbocycles. The lowest BCUT2D eigenvalue weighted by molar-refractivity contribution is -0.0341. The first-order chi connectivity index (χ1) is 11.5. The summed E-state index contributed by atoms with van der Waals surface area (Å²) >= 11 is 8.55. The average molecular weight is 428 g/mol. The number of hydrogen-bond acceptors (Lipinski definition) is 2. The third kappa shape index (κ3) is 2.25. The third-order valence-corrected chi connectivity index (χ3v) is 13.7. The summed E-state index contributed by atoms with van der Waals surface area (Å²) in [5, 5.41) is 0. The average Bonchev–Trinajstić information content (AvgIpc) is 3.14. The second-order valence-corrected chi connectivity index (χ2v) is 13.8. The molecule has 4 fully saturated rings. The van der Waals surface area contributed by atoms with Crippen molar-refractivity contribution in [1.29, 1.82) is 0 Å². The van der Waals surface area contributed by atoms with Crippen LogP contribution in [0.3, 0.4) is 0 Å². The van der Waals surface area contributed by atoms with Crippen molar-refractivity contribution >= 4 is 39.5 Å². The smallest absolute Gasteiger partial charge is 0.0795 e. The molecule has 3 heteroatoms. The van der Waals surface area contributed by atoms with Crippen molar-refractivity contribution in [3.63, 3.8) is 0 Å². The number of thioether (sulfide) groups is 2. The Labute approximate surface area is 164 Å². The number of fused-ring (bicyclic) bond motifs is 5. The van der Waals surface area contributed by atoms with Crippen molar-refractivity contribution in [2.45, 2.75) is 74.1 Å². The molecular weight excluding hydrogens is 396 g/mol. The van der Waals surface area contributed by atoms with Crippen LogP contribution in [0.2, 0.25) is 0 Å². The molecule has 6 atom stereocenters. The minimum Gasteiger partial charge on any atom is -0.139 e. The molecule has 0 aromatic rings. The van der Waals surface area contributed by atoms with Gasteiger partial charge in [0.25, 0.3) is 0 Å². The maximum absolute atomic E-state index is 4.06. The maximum Gasteiger partial charge on any atom is 0.0795 e. The van der Waals surface area contributed by atoms with Crippen LogP contribution in [-0.2, 0) is 0 Å². The highest BCUT2D eigenvalue weighted by atomic mass is 79.9. The Bertz CT molecular complexity index is 566. The molecule has 0 aromatic carbocycles. The van der Waals surface area contributed by atoms with Gasteiger partial charge in [-0.3, -0.25) is 0 Å². The molecule has 0 nitrogen and oxygen atoms in total. The molecule has 1 heterocycles. The van der Waals surface area contributed by atoms with Gasteiger partial charge in [-0.2, -0.15) is 0 Å². The van der Waals surface area contributed by atoms with Crippen LogP contribution in [0.15, 0.2) is 11.6 Å². The zero-order valence-corrected chi connectivity index (χ0v) is 18.4. The van der Waals surface area contributed by atoms with Gasteiger partial charge in [0.1, 0.15) is 0 Å². The van der Waals surface area contributed by atoms with Crippen molar-refractivity contribution < 1.29 is 0 Å². The van der Waals surface area contributed by atoms with Crippen molar-refractivity contribution in [2.24, 2.45) is 28.6 Å². The molecule has 0 unspecified atom stereocenters. The molecule has 0 radical (unpaired) electrons. The van der Waals surface area contributed by atoms with Gasteiger partial charge in [0.15, 0.2) is 0 Å². The van der Waals surface area contributed by atoms with Crippen LogP contribution >= 0.6 is 39.5 Å². The fraction of sp³-hybridized carbons (Fsp3) is 0.905. The summed E-state index contributed by atoms with van der Waals surface area (Å²) in [7, 11) is 0. The number of allylic oxidation sites excluding steroid dienone is 1. The lowest BCUT2D eigenvalue weighted by atomic mass is 9.47. The SMILES string of the molecule is C[C@]12CC[C@H]3[C@@H](CCC4=CC5(CC[C@@]43C)SCCS5)[C@@H]1CC[C@H]2Br. The fourth-order valence-electron chi connectivity index (χ4n) is 7.32. The molecule has 0 amide bonds. The van der Waals surface area contributed by atoms with Gasteiger partial charge in [0.2, 0.25) is 0 Å². The van der Waals surface area contributed by atoms with Gasteiger partial charge in [-0.25, -0.2) is 0 Å². The van der Waals surface area contributed by atoms with Crippen LogP contribution in [0.1, 0.15) is 65.2 Å². The van der Waals surface area contributed by atoms with Crippen molar-refractivity contribution in [3.8, 4) is 0 Å². The van der Waals surface area contributed by atoms with Crippen molar-refractivity contribution in [1.82, 2.24) is 0 Å². The Hall–Kier alpha value is 0.920. The highest BCUT2D eigenvalue weighted by Crippen LogP contribution is 2.68. The molecule has 0 N–H and O–H groups in total. The van der Waals surface area contributed by atoms with E-state index in [2.05, 4.69) is 59.4 Å². The van der Waals surface area contributed by atoms with E-state index in [1.165, 1.54) is 62.9 Å². The van der Waals surface area contributed by atoms with E-state index in [0.29, 0.717) is 14.9 Å². The topological polar surface area (TPSA) is 0 Å². The Morgan fingerprint density at radius 1 is 0.958 bits per heavy atom. The summed E-state index contributed by atoms with van der Waals surface area (Å²) in [6, 6.07) is 0. The molecule has 1 aliphatic heterocycles. The second kappa shape index (κ2) is 5.71. The van der Waals surface area contributed by atoms with Gasteiger partial charge < -0.3 is 0 Å². The van der Waals surface area contributed by atoms with Crippen LogP contribution in [0.25, 0.3) is 0 Å². The summed E-state index contributed by atoms with van der Waals surface area (Å²) < 4.78 is 0.471. The van der Waals surface area contributed by atoms with E-state index in [1.807, 2.05) is 5.57 Å². The summed E-state index contributed by atoms with van der Waals surface area (Å²) in [6.45, 7) is 5.27. The molecule has 4 aliphatic carbocycles. The lowest BCUT2D eigenvalue weighted by Crippen LogP contribution is -2.51. The van der Waals surface area contributed by atoms with Crippen LogP contribution in [0, 0.1) is 28.6 Å². The quantitative estimate of drug-likeness (QED) is 0.305. The molecule has 5 aliphatic rings. The Morgan fingerprint density at radius 3 is 2.54 bits per heavy atom. The Kier molecular flexibility index (Phi) is 4.05. The maximum atomic E-state index is 4.06. The van der Waals surface area contributed by atoms with Gasteiger partial charge in [-0.05, 0) is 80.0 Å². The number of alkyl halides is 1. The van der Waals surface area contributed by atoms with E-state index in [4.69, 9.17) is 0 Å². The van der Waals surface area contributed by atoms with Crippen LogP contribution in [0.5, 0.6) is 0 Å². The normalized spacial score (nSPS) is 52.5. The van der Waals surface area contributed by atoms with Crippen LogP contribution in [-0.4, -0.2) is 20.4 Å². The number of rotatable bonds is 0. The molecule has 5 rings (SSSR count). The first kappa shape index (κ1) is 17.0. The predicted molar refractivity (Wildman–Crippen MR) is 112 cm³/mol. The highest BCUT2D eigenvalue weighted by Gasteiger charge is 2.59. The van der Waals surface area contributed by atoms with Gasteiger partial charge in [-0.15, -0.1) is 23.5 Å². The minimum atomic E-state index is 0.471. The van der Waals surface area contributed by atoms with Crippen molar-refractivity contribution in [2.75, 3.05) is 11.5 Å². The number of halogens is 1. The van der Waals surface area contributed by atoms with E-state index < -0.39 is 0 Å². The molecule has 0 bridgehead atoms. The van der Waals surface area contributed by atoms with E-state index >= 15 is 0 Å². The summed E-state index contributed by atoms with van der Waals surface area (Å²) in [5.74, 6) is 5.70. The van der Waals surface area contributed by atoms with E-state index in [9.17, 15) is 0 Å². The minimum absolute atomic E-state index is 0.471. The molecule has 24 heavy (non-hydrogen) atoms. The molecule has 134 valence electrons. The highest BCUT2D eigenvalue weighted by molar-refractivity contribution is 9.09. The fourth-order valence-corrected chi connectivity index (χ4v) is 11.3. The zero-order valence-electron chi connectivity index (χ0n) is 15.2. The Balaban J connectivity index is 1.47. The van der Waals surface area contributed by atoms with Crippen LogP contribution in [0.4, 0.5) is 0 Å². The summed E-state index contributed by atoms with van der Waals surface area (Å²) in [6.07, 6.45) is 14.4. The Morgan fingerprint density at radius 2 is 1.75 bits per heavy atom. The van der Waals surface area contributed by atoms with Crippen molar-refractivity contribution in [3.05, 3.63) is 11.6 Å². The van der Waals surface area contributed by atoms with E-state index in [0.717, 1.165) is 22.6 Å². The summed E-state index contributed by atoms with van der Waals surface area (Å²) in [5.41, 5.74) is 2.99. The van der Waals surface area contributed by atoms with E-state index in [1.54, 1.807) is 0 Å². The standard InChI is InChI=1S/C21H31BrS2/c1-19-9-10-21(23-11-12-24-21)13-14(19)3-4-15-16-5-6-18(22)20(16,2)8-7-17(15)19/h13,15-18H,3-12H2,1-2H3/t15-,16-,17-,18+,19-,20-/m0/s1. The first-order valence-corrected chi connectivity index (χ1v) is 13.0. The lowest BCUT2D eigenvalue weighted by Gasteiger charge is -2.59. The molecular formula is C21H31BrS2. The monoisotopic (exact) mass is 426 g/mol. The van der Waals surface area contributed by atoms with Gasteiger partial charge in [-0.1, -0.05) is 41.4 Å². The van der Waals surface area contributed by atoms with Gasteiger partial charge in [0, 0.05) is 16.3 Å². The molecule has 0 aromatic heterocycles. The number of hydrogen-bond donors (Lipinski definition) is 0. The van der Waals surface area contributed by atoms with Gasteiger partial charge >= 0.3 is 0 Å². The van der Waals surface area contributed by atoms with Gasteiger partial charge in [0.05, 0.1) is 4.08 Å². The largest absolute Gasteiger partial charge is 0.139 e. The summed E-state index contributed by atoms with van der Waals surface area (Å²) in [4.78, 5) is 0.779. The second-order valence-electron chi connectivity index (χ2n) is 9.60. The molecule has 1 saturated heterocycles. The first-order valence-electron chi connectivity index (χ1n) is 10.1. The van der Waals surface area contributed by atoms with E-state index in [-0.39, 0.29) is 0 Å². The third-order valence-electron chi connectivity index (χ3n) is 8.78. The predicted octanol–water partition coefficient (Wildman–Crippen LogP) is 6.89. The zero-order chi connectivity index (χ0) is 16.6. The molecule has 1 spiro atoms.